The maximum atomic E-state index is 5.67. The van der Waals surface area contributed by atoms with E-state index >= 15 is 0 Å². The van der Waals surface area contributed by atoms with E-state index in [4.69, 9.17) is 10.5 Å². The van der Waals surface area contributed by atoms with E-state index in [9.17, 15) is 0 Å². The number of methoxy groups -OCH3 is 1. The lowest BCUT2D eigenvalue weighted by molar-refractivity contribution is 0.0981. The third-order valence-corrected chi connectivity index (χ3v) is 1.80. The van der Waals surface area contributed by atoms with E-state index in [1.165, 1.54) is 0 Å². The van der Waals surface area contributed by atoms with Gasteiger partial charge in [0.25, 0.3) is 0 Å². The van der Waals surface area contributed by atoms with E-state index in [2.05, 4.69) is 15.5 Å². The highest BCUT2D eigenvalue weighted by Crippen LogP contribution is 2.04. The Bertz CT molecular complexity index is 259. The van der Waals surface area contributed by atoms with Crippen LogP contribution in [0.15, 0.2) is 0 Å². The van der Waals surface area contributed by atoms with Gasteiger partial charge in [0.05, 0.1) is 18.7 Å². The second-order valence-electron chi connectivity index (χ2n) is 3.05. The normalized spacial score (nSPS) is 15.7. The Balaban J connectivity index is 2.70. The number of ether oxygens (including phenoxy) is 1. The number of aromatic nitrogens is 4. The average Bonchev–Trinajstić information content (AvgIpc) is 2.52. The minimum Gasteiger partial charge on any atom is -0.380 e. The van der Waals surface area contributed by atoms with Crippen LogP contribution in [-0.4, -0.2) is 33.4 Å². The van der Waals surface area contributed by atoms with Gasteiger partial charge in [0.15, 0.2) is 5.82 Å². The third kappa shape index (κ3) is 2.46. The van der Waals surface area contributed by atoms with Crippen LogP contribution in [0.25, 0.3) is 0 Å². The Labute approximate surface area is 77.1 Å². The highest BCUT2D eigenvalue weighted by Gasteiger charge is 2.12. The van der Waals surface area contributed by atoms with E-state index in [0.717, 1.165) is 0 Å². The predicted octanol–water partition coefficient (Wildman–Crippen LogP) is -0.272. The summed E-state index contributed by atoms with van der Waals surface area (Å²) in [5.74, 6) is 0.684. The smallest absolute Gasteiger partial charge is 0.167 e. The molecule has 13 heavy (non-hydrogen) atoms. The lowest BCUT2D eigenvalue weighted by Crippen LogP contribution is -2.21. The molecule has 2 N–H and O–H groups in total. The van der Waals surface area contributed by atoms with Gasteiger partial charge in [0.1, 0.15) is 0 Å². The number of hydrogen-bond donors (Lipinski definition) is 1. The molecule has 0 aromatic carbocycles. The largest absolute Gasteiger partial charge is 0.380 e. The summed E-state index contributed by atoms with van der Waals surface area (Å²) in [7, 11) is 1.65. The molecule has 0 saturated carbocycles. The average molecular weight is 185 g/mol. The molecule has 0 aliphatic rings. The molecule has 2 atom stereocenters. The lowest BCUT2D eigenvalue weighted by atomic mass is 10.3. The number of hydrogen-bond acceptors (Lipinski definition) is 5. The van der Waals surface area contributed by atoms with Crippen LogP contribution in [0.1, 0.15) is 25.7 Å². The Morgan fingerprint density at radius 1 is 1.54 bits per heavy atom. The van der Waals surface area contributed by atoms with Crippen molar-refractivity contribution in [2.45, 2.75) is 32.5 Å². The Hall–Kier alpha value is -1.01. The van der Waals surface area contributed by atoms with Gasteiger partial charge in [-0.3, -0.25) is 0 Å². The number of nitrogens with two attached hydrogens (primary N) is 1. The van der Waals surface area contributed by atoms with Gasteiger partial charge in [-0.2, -0.15) is 0 Å². The highest BCUT2D eigenvalue weighted by atomic mass is 16.5. The first-order valence-electron chi connectivity index (χ1n) is 4.19. The topological polar surface area (TPSA) is 78.8 Å². The van der Waals surface area contributed by atoms with Gasteiger partial charge < -0.3 is 10.5 Å². The predicted molar refractivity (Wildman–Crippen MR) is 46.9 cm³/mol. The molecule has 1 rings (SSSR count). The van der Waals surface area contributed by atoms with Crippen molar-refractivity contribution in [1.82, 2.24) is 20.2 Å². The summed E-state index contributed by atoms with van der Waals surface area (Å²) in [6.45, 7) is 4.42. The minimum absolute atomic E-state index is 0.0843. The van der Waals surface area contributed by atoms with Crippen LogP contribution in [0.2, 0.25) is 0 Å². The van der Waals surface area contributed by atoms with Crippen LogP contribution in [-0.2, 0) is 11.3 Å². The zero-order valence-electron chi connectivity index (χ0n) is 8.14. The van der Waals surface area contributed by atoms with Crippen LogP contribution in [0.5, 0.6) is 0 Å². The number of tetrazole rings is 1. The molecule has 0 aliphatic heterocycles. The molecule has 0 spiro atoms. The van der Waals surface area contributed by atoms with E-state index in [1.54, 1.807) is 11.8 Å². The number of nitrogens with zero attached hydrogens (tertiary/aromatic N) is 4. The summed E-state index contributed by atoms with van der Waals surface area (Å²) in [5.41, 5.74) is 5.67. The lowest BCUT2D eigenvalue weighted by Gasteiger charge is -2.11. The van der Waals surface area contributed by atoms with Crippen molar-refractivity contribution >= 4 is 0 Å². The van der Waals surface area contributed by atoms with Gasteiger partial charge in [0, 0.05) is 7.11 Å². The molecule has 0 bridgehead atoms. The van der Waals surface area contributed by atoms with Crippen molar-refractivity contribution < 1.29 is 4.74 Å². The van der Waals surface area contributed by atoms with Crippen LogP contribution in [0.3, 0.4) is 0 Å². The molecule has 1 aromatic heterocycles. The summed E-state index contributed by atoms with van der Waals surface area (Å²) in [5, 5.41) is 11.2. The van der Waals surface area contributed by atoms with Crippen LogP contribution < -0.4 is 5.73 Å². The standard InChI is InChI=1S/C7H15N5O/c1-5(13-3)4-12-7(6(2)8)9-10-11-12/h5-6H,4,8H2,1-3H3. The number of rotatable bonds is 4. The minimum atomic E-state index is -0.154. The fourth-order valence-corrected chi connectivity index (χ4v) is 0.986. The van der Waals surface area contributed by atoms with Gasteiger partial charge in [0.2, 0.25) is 0 Å². The fourth-order valence-electron chi connectivity index (χ4n) is 0.986. The molecule has 0 aliphatic carbocycles. The summed E-state index contributed by atoms with van der Waals surface area (Å²) in [4.78, 5) is 0. The van der Waals surface area contributed by atoms with E-state index in [0.29, 0.717) is 12.4 Å². The molecule has 0 amide bonds. The molecule has 0 radical (unpaired) electrons. The van der Waals surface area contributed by atoms with Gasteiger partial charge in [-0.05, 0) is 24.3 Å². The summed E-state index contributed by atoms with van der Waals surface area (Å²) < 4.78 is 6.77. The molecular weight excluding hydrogens is 170 g/mol. The zero-order valence-corrected chi connectivity index (χ0v) is 8.14. The van der Waals surface area contributed by atoms with Crippen molar-refractivity contribution in [1.29, 1.82) is 0 Å². The van der Waals surface area contributed by atoms with Crippen molar-refractivity contribution in [3.8, 4) is 0 Å². The van der Waals surface area contributed by atoms with Crippen molar-refractivity contribution in [3.05, 3.63) is 5.82 Å². The SMILES string of the molecule is COC(C)Cn1nnnc1C(C)N. The molecule has 6 heteroatoms. The molecule has 1 aromatic rings. The first-order chi connectivity index (χ1) is 6.15. The molecule has 74 valence electrons. The summed E-state index contributed by atoms with van der Waals surface area (Å²) in [6.07, 6.45) is 0.0843. The van der Waals surface area contributed by atoms with Crippen LogP contribution in [0, 0.1) is 0 Å². The molecule has 6 nitrogen and oxygen atoms in total. The quantitative estimate of drug-likeness (QED) is 0.698. The maximum Gasteiger partial charge on any atom is 0.167 e. The maximum absolute atomic E-state index is 5.67. The Morgan fingerprint density at radius 2 is 2.23 bits per heavy atom. The van der Waals surface area contributed by atoms with Crippen molar-refractivity contribution in [3.63, 3.8) is 0 Å². The molecule has 2 unspecified atom stereocenters. The fraction of sp³-hybridized carbons (Fsp3) is 0.857. The second kappa shape index (κ2) is 4.29. The van der Waals surface area contributed by atoms with Crippen LogP contribution >= 0.6 is 0 Å². The van der Waals surface area contributed by atoms with E-state index in [1.807, 2.05) is 13.8 Å². The Kier molecular flexibility index (Phi) is 3.32. The summed E-state index contributed by atoms with van der Waals surface area (Å²) >= 11 is 0. The van der Waals surface area contributed by atoms with Gasteiger partial charge in [-0.25, -0.2) is 4.68 Å². The van der Waals surface area contributed by atoms with Crippen LogP contribution in [0.4, 0.5) is 0 Å². The summed E-state index contributed by atoms with van der Waals surface area (Å²) in [6, 6.07) is -0.154. The van der Waals surface area contributed by atoms with Crippen molar-refractivity contribution in [2.75, 3.05) is 7.11 Å². The van der Waals surface area contributed by atoms with Gasteiger partial charge >= 0.3 is 0 Å². The molecule has 0 fully saturated rings. The molecule has 1 heterocycles. The van der Waals surface area contributed by atoms with Gasteiger partial charge in [-0.1, -0.05) is 0 Å². The highest BCUT2D eigenvalue weighted by molar-refractivity contribution is 4.87. The van der Waals surface area contributed by atoms with Crippen molar-refractivity contribution in [2.24, 2.45) is 5.73 Å². The monoisotopic (exact) mass is 185 g/mol. The molecule has 0 saturated heterocycles. The zero-order chi connectivity index (χ0) is 9.84. The Morgan fingerprint density at radius 3 is 2.77 bits per heavy atom. The van der Waals surface area contributed by atoms with Gasteiger partial charge in [-0.15, -0.1) is 5.10 Å². The van der Waals surface area contributed by atoms with E-state index < -0.39 is 0 Å². The third-order valence-electron chi connectivity index (χ3n) is 1.80. The van der Waals surface area contributed by atoms with E-state index in [-0.39, 0.29) is 12.1 Å². The first kappa shape index (κ1) is 10.1. The molecular formula is C7H15N5O. The second-order valence-corrected chi connectivity index (χ2v) is 3.05. The first-order valence-corrected chi connectivity index (χ1v) is 4.19.